The summed E-state index contributed by atoms with van der Waals surface area (Å²) in [7, 11) is 0. The minimum absolute atomic E-state index is 0.0227. The predicted molar refractivity (Wildman–Crippen MR) is 84.0 cm³/mol. The zero-order valence-electron chi connectivity index (χ0n) is 13.2. The molecule has 5 nitrogen and oxygen atoms in total. The van der Waals surface area contributed by atoms with Crippen molar-refractivity contribution in [3.63, 3.8) is 0 Å². The number of urea groups is 1. The van der Waals surface area contributed by atoms with Gasteiger partial charge in [-0.3, -0.25) is 0 Å². The summed E-state index contributed by atoms with van der Waals surface area (Å²) in [6.07, 6.45) is 2.57. The normalized spacial score (nSPS) is 24.6. The average Bonchev–Trinajstić information content (AvgIpc) is 2.97. The van der Waals surface area contributed by atoms with Gasteiger partial charge in [0, 0.05) is 6.54 Å². The summed E-state index contributed by atoms with van der Waals surface area (Å²) in [4.78, 5) is 14.3. The lowest BCUT2D eigenvalue weighted by molar-refractivity contribution is 0.00917. The third-order valence-corrected chi connectivity index (χ3v) is 4.54. The van der Waals surface area contributed by atoms with Gasteiger partial charge in [-0.15, -0.1) is 0 Å². The number of rotatable bonds is 2. The molecule has 2 aliphatic heterocycles. The zero-order valence-corrected chi connectivity index (χ0v) is 13.2. The molecule has 2 atom stereocenters. The maximum absolute atomic E-state index is 12.5. The van der Waals surface area contributed by atoms with E-state index in [9.17, 15) is 9.90 Å². The molecule has 2 heterocycles. The summed E-state index contributed by atoms with van der Waals surface area (Å²) in [6, 6.07) is 7.68. The van der Waals surface area contributed by atoms with Crippen LogP contribution in [0.3, 0.4) is 0 Å². The summed E-state index contributed by atoms with van der Waals surface area (Å²) >= 11 is 0. The molecule has 1 fully saturated rings. The first-order chi connectivity index (χ1) is 10.4. The van der Waals surface area contributed by atoms with Crippen molar-refractivity contribution in [3.8, 4) is 5.75 Å². The number of fused-ring (bicyclic) bond motifs is 1. The summed E-state index contributed by atoms with van der Waals surface area (Å²) < 4.78 is 5.71. The Balaban J connectivity index is 1.63. The van der Waals surface area contributed by atoms with Crippen molar-refractivity contribution < 1.29 is 14.6 Å². The standard InChI is InChI=1S/C17H24N2O3/c1-17(2,21)15-8-5-9-19(15)16(20)18-13-10-12-6-3-4-7-14(12)22-11-13/h3-4,6-7,13,15,21H,5,8-11H2,1-2H3,(H,18,20)/t13-,15-/m0/s1. The highest BCUT2D eigenvalue weighted by molar-refractivity contribution is 5.75. The number of benzene rings is 1. The van der Waals surface area contributed by atoms with Gasteiger partial charge in [0.05, 0.1) is 17.7 Å². The molecule has 0 unspecified atom stereocenters. The Morgan fingerprint density at radius 3 is 2.95 bits per heavy atom. The first-order valence-electron chi connectivity index (χ1n) is 7.95. The molecule has 0 spiro atoms. The fraction of sp³-hybridized carbons (Fsp3) is 0.588. The SMILES string of the molecule is CC(C)(O)[C@@H]1CCCN1C(=O)N[C@@H]1COc2ccccc2C1. The third kappa shape index (κ3) is 3.04. The van der Waals surface area contributed by atoms with Crippen LogP contribution in [0.2, 0.25) is 0 Å². The molecular weight excluding hydrogens is 280 g/mol. The Hall–Kier alpha value is -1.75. The van der Waals surface area contributed by atoms with E-state index in [2.05, 4.69) is 5.32 Å². The Morgan fingerprint density at radius 1 is 1.41 bits per heavy atom. The Labute approximate surface area is 131 Å². The highest BCUT2D eigenvalue weighted by atomic mass is 16.5. The molecule has 1 aromatic carbocycles. The minimum atomic E-state index is -0.872. The second-order valence-corrected chi connectivity index (χ2v) is 6.77. The molecular formula is C17H24N2O3. The van der Waals surface area contributed by atoms with E-state index in [4.69, 9.17) is 4.74 Å². The van der Waals surface area contributed by atoms with Gasteiger partial charge in [-0.05, 0) is 44.7 Å². The number of nitrogens with zero attached hydrogens (tertiary/aromatic N) is 1. The number of nitrogens with one attached hydrogen (secondary N) is 1. The predicted octanol–water partition coefficient (Wildman–Crippen LogP) is 1.93. The van der Waals surface area contributed by atoms with Gasteiger partial charge >= 0.3 is 6.03 Å². The summed E-state index contributed by atoms with van der Waals surface area (Å²) in [5.41, 5.74) is 0.253. The van der Waals surface area contributed by atoms with Crippen LogP contribution in [0.25, 0.3) is 0 Å². The van der Waals surface area contributed by atoms with Gasteiger partial charge in [-0.2, -0.15) is 0 Å². The number of carbonyl (C=O) groups excluding carboxylic acids is 1. The lowest BCUT2D eigenvalue weighted by atomic mass is 9.97. The molecule has 2 amide bonds. The molecule has 22 heavy (non-hydrogen) atoms. The minimum Gasteiger partial charge on any atom is -0.491 e. The number of hydrogen-bond acceptors (Lipinski definition) is 3. The van der Waals surface area contributed by atoms with Crippen molar-refractivity contribution in [1.82, 2.24) is 10.2 Å². The molecule has 2 N–H and O–H groups in total. The van der Waals surface area contributed by atoms with Crippen molar-refractivity contribution in [1.29, 1.82) is 0 Å². The molecule has 0 saturated carbocycles. The van der Waals surface area contributed by atoms with Crippen LogP contribution in [0.1, 0.15) is 32.3 Å². The number of amides is 2. The van der Waals surface area contributed by atoms with Gasteiger partial charge in [-0.1, -0.05) is 18.2 Å². The maximum Gasteiger partial charge on any atom is 0.318 e. The topological polar surface area (TPSA) is 61.8 Å². The fourth-order valence-corrected chi connectivity index (χ4v) is 3.42. The van der Waals surface area contributed by atoms with E-state index in [1.165, 1.54) is 0 Å². The summed E-state index contributed by atoms with van der Waals surface area (Å²) in [5, 5.41) is 13.3. The average molecular weight is 304 g/mol. The maximum atomic E-state index is 12.5. The van der Waals surface area contributed by atoms with Crippen LogP contribution >= 0.6 is 0 Å². The van der Waals surface area contributed by atoms with Gasteiger partial charge < -0.3 is 20.1 Å². The molecule has 1 aromatic rings. The molecule has 0 aromatic heterocycles. The molecule has 3 rings (SSSR count). The molecule has 0 aliphatic carbocycles. The largest absolute Gasteiger partial charge is 0.491 e. The lowest BCUT2D eigenvalue weighted by Gasteiger charge is -2.35. The third-order valence-electron chi connectivity index (χ3n) is 4.54. The Morgan fingerprint density at radius 2 is 2.18 bits per heavy atom. The van der Waals surface area contributed by atoms with E-state index in [1.807, 2.05) is 24.3 Å². The fourth-order valence-electron chi connectivity index (χ4n) is 3.42. The van der Waals surface area contributed by atoms with Gasteiger partial charge in [0.15, 0.2) is 0 Å². The zero-order chi connectivity index (χ0) is 15.7. The Kier molecular flexibility index (Phi) is 4.00. The van der Waals surface area contributed by atoms with Gasteiger partial charge in [0.2, 0.25) is 0 Å². The van der Waals surface area contributed by atoms with Crippen LogP contribution in [-0.2, 0) is 6.42 Å². The van der Waals surface area contributed by atoms with Crippen molar-refractivity contribution in [2.24, 2.45) is 0 Å². The summed E-state index contributed by atoms with van der Waals surface area (Å²) in [5.74, 6) is 0.906. The lowest BCUT2D eigenvalue weighted by Crippen LogP contribution is -2.54. The van der Waals surface area contributed by atoms with Crippen LogP contribution < -0.4 is 10.1 Å². The van der Waals surface area contributed by atoms with E-state index >= 15 is 0 Å². The Bertz CT molecular complexity index is 553. The van der Waals surface area contributed by atoms with Crippen molar-refractivity contribution in [3.05, 3.63) is 29.8 Å². The van der Waals surface area contributed by atoms with E-state index in [-0.39, 0.29) is 18.1 Å². The van der Waals surface area contributed by atoms with E-state index < -0.39 is 5.60 Å². The van der Waals surface area contributed by atoms with Crippen LogP contribution in [0.15, 0.2) is 24.3 Å². The van der Waals surface area contributed by atoms with Gasteiger partial charge in [0.25, 0.3) is 0 Å². The second-order valence-electron chi connectivity index (χ2n) is 6.77. The summed E-state index contributed by atoms with van der Waals surface area (Å²) in [6.45, 7) is 4.72. The monoisotopic (exact) mass is 304 g/mol. The molecule has 2 aliphatic rings. The molecule has 1 saturated heterocycles. The van der Waals surface area contributed by atoms with Crippen molar-refractivity contribution in [2.75, 3.05) is 13.2 Å². The smallest absolute Gasteiger partial charge is 0.318 e. The number of aliphatic hydroxyl groups is 1. The van der Waals surface area contributed by atoms with Gasteiger partial charge in [-0.25, -0.2) is 4.79 Å². The van der Waals surface area contributed by atoms with Crippen molar-refractivity contribution >= 4 is 6.03 Å². The van der Waals surface area contributed by atoms with E-state index in [0.29, 0.717) is 13.2 Å². The number of likely N-dealkylation sites (tertiary alicyclic amines) is 1. The first-order valence-corrected chi connectivity index (χ1v) is 7.95. The number of hydrogen-bond donors (Lipinski definition) is 2. The van der Waals surface area contributed by atoms with E-state index in [1.54, 1.807) is 18.7 Å². The quantitative estimate of drug-likeness (QED) is 0.877. The van der Waals surface area contributed by atoms with Crippen LogP contribution in [-0.4, -0.2) is 46.9 Å². The van der Waals surface area contributed by atoms with E-state index in [0.717, 1.165) is 30.6 Å². The number of para-hydroxylation sites is 1. The molecule has 5 heteroatoms. The molecule has 0 radical (unpaired) electrons. The van der Waals surface area contributed by atoms with Crippen LogP contribution in [0.4, 0.5) is 4.79 Å². The number of ether oxygens (including phenoxy) is 1. The van der Waals surface area contributed by atoms with Crippen LogP contribution in [0.5, 0.6) is 5.75 Å². The van der Waals surface area contributed by atoms with Gasteiger partial charge in [0.1, 0.15) is 12.4 Å². The molecule has 0 bridgehead atoms. The van der Waals surface area contributed by atoms with Crippen molar-refractivity contribution in [2.45, 2.75) is 50.8 Å². The number of carbonyl (C=O) groups is 1. The first kappa shape index (κ1) is 15.2. The van der Waals surface area contributed by atoms with Crippen LogP contribution in [0, 0.1) is 0 Å². The molecule has 120 valence electrons. The second kappa shape index (κ2) is 5.80. The highest BCUT2D eigenvalue weighted by Gasteiger charge is 2.39. The highest BCUT2D eigenvalue weighted by Crippen LogP contribution is 2.27.